The number of aliphatic hydroxyl groups is 1. The van der Waals surface area contributed by atoms with Crippen LogP contribution < -0.4 is 0 Å². The Hall–Kier alpha value is -0.900. The Balaban J connectivity index is 2.14. The molecule has 0 radical (unpaired) electrons. The van der Waals surface area contributed by atoms with Crippen LogP contribution in [0, 0.1) is 0 Å². The molecule has 1 heterocycles. The van der Waals surface area contributed by atoms with Gasteiger partial charge in [-0.25, -0.2) is 0 Å². The van der Waals surface area contributed by atoms with E-state index in [4.69, 9.17) is 11.6 Å². The zero-order chi connectivity index (χ0) is 12.3. The second-order valence-corrected chi connectivity index (χ2v) is 5.07. The average molecular weight is 313 g/mol. The van der Waals surface area contributed by atoms with E-state index in [9.17, 15) is 5.11 Å². The van der Waals surface area contributed by atoms with Crippen molar-refractivity contribution in [1.82, 2.24) is 4.98 Å². The van der Waals surface area contributed by atoms with E-state index in [0.29, 0.717) is 17.0 Å². The first-order chi connectivity index (χ1) is 8.16. The molecule has 0 bridgehead atoms. The van der Waals surface area contributed by atoms with Crippen LogP contribution in [0.5, 0.6) is 0 Å². The lowest BCUT2D eigenvalue weighted by molar-refractivity contribution is 0.178. The predicted octanol–water partition coefficient (Wildman–Crippen LogP) is 3.77. The van der Waals surface area contributed by atoms with Gasteiger partial charge in [-0.2, -0.15) is 0 Å². The molecule has 0 aliphatic rings. The predicted molar refractivity (Wildman–Crippen MR) is 72.1 cm³/mol. The molecule has 1 unspecified atom stereocenters. The zero-order valence-corrected chi connectivity index (χ0v) is 11.3. The molecule has 1 N–H and O–H groups in total. The van der Waals surface area contributed by atoms with Gasteiger partial charge in [-0.3, -0.25) is 4.98 Å². The summed E-state index contributed by atoms with van der Waals surface area (Å²) in [6.07, 6.45) is 3.11. The molecule has 0 amide bonds. The minimum absolute atomic E-state index is 0.497. The van der Waals surface area contributed by atoms with Crippen molar-refractivity contribution in [2.75, 3.05) is 0 Å². The molecule has 0 aliphatic heterocycles. The third kappa shape index (κ3) is 3.28. The summed E-state index contributed by atoms with van der Waals surface area (Å²) < 4.78 is 1.03. The molecular weight excluding hydrogens is 302 g/mol. The van der Waals surface area contributed by atoms with Crippen LogP contribution in [0.25, 0.3) is 0 Å². The van der Waals surface area contributed by atoms with Gasteiger partial charge in [0.1, 0.15) is 0 Å². The van der Waals surface area contributed by atoms with Gasteiger partial charge < -0.3 is 5.11 Å². The SMILES string of the molecule is OC(Cc1ccc(Br)cc1)c1ccncc1Cl. The second-order valence-electron chi connectivity index (χ2n) is 3.74. The standard InChI is InChI=1S/C13H11BrClNO/c14-10-3-1-9(2-4-10)7-13(17)11-5-6-16-8-12(11)15/h1-6,8,13,17H,7H2. The molecule has 2 nitrogen and oxygen atoms in total. The molecule has 88 valence electrons. The maximum atomic E-state index is 10.1. The smallest absolute Gasteiger partial charge is 0.0845 e. The van der Waals surface area contributed by atoms with Crippen LogP contribution in [0.2, 0.25) is 5.02 Å². The molecule has 0 spiro atoms. The summed E-state index contributed by atoms with van der Waals surface area (Å²) in [5.74, 6) is 0. The Bertz CT molecular complexity index is 501. The van der Waals surface area contributed by atoms with Gasteiger partial charge in [-0.1, -0.05) is 39.7 Å². The van der Waals surface area contributed by atoms with E-state index in [1.165, 1.54) is 0 Å². The molecular formula is C13H11BrClNO. The highest BCUT2D eigenvalue weighted by atomic mass is 79.9. The van der Waals surface area contributed by atoms with Crippen LogP contribution >= 0.6 is 27.5 Å². The Kier molecular flexibility index (Phi) is 4.15. The Morgan fingerprint density at radius 2 is 1.94 bits per heavy atom. The molecule has 2 rings (SSSR count). The summed E-state index contributed by atoms with van der Waals surface area (Å²) in [6.45, 7) is 0. The van der Waals surface area contributed by atoms with Crippen LogP contribution in [0.4, 0.5) is 0 Å². The fourth-order valence-electron chi connectivity index (χ4n) is 1.61. The normalized spacial score (nSPS) is 12.4. The number of aliphatic hydroxyl groups excluding tert-OH is 1. The molecule has 0 saturated carbocycles. The molecule has 0 fully saturated rings. The van der Waals surface area contributed by atoms with Crippen LogP contribution in [-0.4, -0.2) is 10.1 Å². The van der Waals surface area contributed by atoms with Gasteiger partial charge in [-0.05, 0) is 23.8 Å². The van der Waals surface area contributed by atoms with E-state index in [1.54, 1.807) is 18.5 Å². The number of hydrogen-bond acceptors (Lipinski definition) is 2. The summed E-state index contributed by atoms with van der Waals surface area (Å²) >= 11 is 9.36. The third-order valence-electron chi connectivity index (χ3n) is 2.51. The summed E-state index contributed by atoms with van der Waals surface area (Å²) in [4.78, 5) is 3.90. The third-order valence-corrected chi connectivity index (χ3v) is 3.35. The lowest BCUT2D eigenvalue weighted by Crippen LogP contribution is -2.02. The van der Waals surface area contributed by atoms with Crippen LogP contribution in [-0.2, 0) is 6.42 Å². The first kappa shape index (κ1) is 12.6. The van der Waals surface area contributed by atoms with Crippen LogP contribution in [0.3, 0.4) is 0 Å². The van der Waals surface area contributed by atoms with E-state index in [2.05, 4.69) is 20.9 Å². The molecule has 1 aromatic carbocycles. The van der Waals surface area contributed by atoms with Crippen molar-refractivity contribution in [1.29, 1.82) is 0 Å². The number of benzene rings is 1. The van der Waals surface area contributed by atoms with Crippen molar-refractivity contribution in [2.45, 2.75) is 12.5 Å². The molecule has 4 heteroatoms. The topological polar surface area (TPSA) is 33.1 Å². The Morgan fingerprint density at radius 3 is 2.59 bits per heavy atom. The van der Waals surface area contributed by atoms with E-state index in [0.717, 1.165) is 10.0 Å². The monoisotopic (exact) mass is 311 g/mol. The maximum Gasteiger partial charge on any atom is 0.0845 e. The average Bonchev–Trinajstić information content (AvgIpc) is 2.32. The number of aromatic nitrogens is 1. The first-order valence-electron chi connectivity index (χ1n) is 5.19. The van der Waals surface area contributed by atoms with Gasteiger partial charge in [0, 0.05) is 28.9 Å². The summed E-state index contributed by atoms with van der Waals surface area (Å²) in [5, 5.41) is 10.6. The second kappa shape index (κ2) is 5.63. The first-order valence-corrected chi connectivity index (χ1v) is 6.36. The number of pyridine rings is 1. The van der Waals surface area contributed by atoms with Crippen molar-refractivity contribution in [3.8, 4) is 0 Å². The quantitative estimate of drug-likeness (QED) is 0.936. The lowest BCUT2D eigenvalue weighted by Gasteiger charge is -2.12. The highest BCUT2D eigenvalue weighted by molar-refractivity contribution is 9.10. The lowest BCUT2D eigenvalue weighted by atomic mass is 10.0. The van der Waals surface area contributed by atoms with Crippen molar-refractivity contribution in [3.63, 3.8) is 0 Å². The number of halogens is 2. The molecule has 17 heavy (non-hydrogen) atoms. The molecule has 2 aromatic rings. The van der Waals surface area contributed by atoms with Gasteiger partial charge in [0.05, 0.1) is 11.1 Å². The fraction of sp³-hybridized carbons (Fsp3) is 0.154. The summed E-state index contributed by atoms with van der Waals surface area (Å²) in [7, 11) is 0. The highest BCUT2D eigenvalue weighted by Gasteiger charge is 2.11. The maximum absolute atomic E-state index is 10.1. The van der Waals surface area contributed by atoms with Gasteiger partial charge in [0.2, 0.25) is 0 Å². The van der Waals surface area contributed by atoms with Gasteiger partial charge in [-0.15, -0.1) is 0 Å². The minimum atomic E-state index is -0.605. The fourth-order valence-corrected chi connectivity index (χ4v) is 2.12. The number of nitrogens with zero attached hydrogens (tertiary/aromatic N) is 1. The number of rotatable bonds is 3. The van der Waals surface area contributed by atoms with Crippen molar-refractivity contribution in [3.05, 3.63) is 63.3 Å². The minimum Gasteiger partial charge on any atom is -0.388 e. The van der Waals surface area contributed by atoms with E-state index < -0.39 is 6.10 Å². The van der Waals surface area contributed by atoms with Gasteiger partial charge >= 0.3 is 0 Å². The number of hydrogen-bond donors (Lipinski definition) is 1. The van der Waals surface area contributed by atoms with Gasteiger partial charge in [0.15, 0.2) is 0 Å². The summed E-state index contributed by atoms with van der Waals surface area (Å²) in [6, 6.07) is 9.60. The molecule has 1 aromatic heterocycles. The zero-order valence-electron chi connectivity index (χ0n) is 8.98. The van der Waals surface area contributed by atoms with Crippen LogP contribution in [0.1, 0.15) is 17.2 Å². The molecule has 0 aliphatic carbocycles. The van der Waals surface area contributed by atoms with Gasteiger partial charge in [0.25, 0.3) is 0 Å². The van der Waals surface area contributed by atoms with Crippen molar-refractivity contribution < 1.29 is 5.11 Å². The largest absolute Gasteiger partial charge is 0.388 e. The van der Waals surface area contributed by atoms with Crippen molar-refractivity contribution in [2.24, 2.45) is 0 Å². The molecule has 1 atom stereocenters. The Morgan fingerprint density at radius 1 is 1.24 bits per heavy atom. The summed E-state index contributed by atoms with van der Waals surface area (Å²) in [5.41, 5.74) is 1.78. The van der Waals surface area contributed by atoms with E-state index in [-0.39, 0.29) is 0 Å². The highest BCUT2D eigenvalue weighted by Crippen LogP contribution is 2.25. The van der Waals surface area contributed by atoms with E-state index >= 15 is 0 Å². The van der Waals surface area contributed by atoms with E-state index in [1.807, 2.05) is 24.3 Å². The van der Waals surface area contributed by atoms with Crippen molar-refractivity contribution >= 4 is 27.5 Å². The molecule has 0 saturated heterocycles. The van der Waals surface area contributed by atoms with Crippen LogP contribution in [0.15, 0.2) is 47.2 Å². The Labute approximate surface area is 113 Å².